The number of carbonyl (C=O) groups excluding carboxylic acids is 1. The summed E-state index contributed by atoms with van der Waals surface area (Å²) in [5.74, 6) is 0.522. The van der Waals surface area contributed by atoms with Gasteiger partial charge in [0.25, 0.3) is 0 Å². The molecule has 0 aliphatic carbocycles. The fraction of sp³-hybridized carbons (Fsp3) is 0.464. The van der Waals surface area contributed by atoms with Gasteiger partial charge in [0.05, 0.1) is 5.69 Å². The van der Waals surface area contributed by atoms with Crippen LogP contribution in [0.4, 0.5) is 0 Å². The third-order valence-corrected chi connectivity index (χ3v) is 6.87. The van der Waals surface area contributed by atoms with Gasteiger partial charge < -0.3 is 14.6 Å². The van der Waals surface area contributed by atoms with E-state index in [4.69, 9.17) is 0 Å². The van der Waals surface area contributed by atoms with Crippen LogP contribution in [0.3, 0.4) is 0 Å². The van der Waals surface area contributed by atoms with Crippen LogP contribution in [0, 0.1) is 0 Å². The predicted octanol–water partition coefficient (Wildman–Crippen LogP) is 5.30. The van der Waals surface area contributed by atoms with Gasteiger partial charge in [-0.05, 0) is 74.9 Å². The van der Waals surface area contributed by atoms with Crippen molar-refractivity contribution in [2.24, 2.45) is 0 Å². The van der Waals surface area contributed by atoms with Crippen molar-refractivity contribution in [3.63, 3.8) is 0 Å². The first-order chi connectivity index (χ1) is 15.5. The van der Waals surface area contributed by atoms with E-state index >= 15 is 0 Å². The summed E-state index contributed by atoms with van der Waals surface area (Å²) in [4.78, 5) is 15.9. The van der Waals surface area contributed by atoms with Crippen molar-refractivity contribution in [2.45, 2.75) is 65.0 Å². The van der Waals surface area contributed by atoms with E-state index in [-0.39, 0.29) is 5.78 Å². The summed E-state index contributed by atoms with van der Waals surface area (Å²) in [6.07, 6.45) is 5.25. The number of hydrogen-bond donors (Lipinski definition) is 1. The predicted molar refractivity (Wildman–Crippen MR) is 133 cm³/mol. The van der Waals surface area contributed by atoms with Gasteiger partial charge in [-0.25, -0.2) is 0 Å². The Balaban J connectivity index is 1.42. The van der Waals surface area contributed by atoms with Crippen molar-refractivity contribution in [1.29, 1.82) is 0 Å². The lowest BCUT2D eigenvalue weighted by Gasteiger charge is -2.36. The van der Waals surface area contributed by atoms with Gasteiger partial charge in [-0.2, -0.15) is 0 Å². The molecule has 1 aliphatic heterocycles. The molecule has 1 aliphatic rings. The number of nitrogens with one attached hydrogen (secondary N) is 1. The zero-order valence-corrected chi connectivity index (χ0v) is 20.0. The number of ketones is 1. The third-order valence-electron chi connectivity index (χ3n) is 6.87. The van der Waals surface area contributed by atoms with Crippen molar-refractivity contribution in [2.75, 3.05) is 19.6 Å². The molecule has 1 fully saturated rings. The maximum absolute atomic E-state index is 13.3. The second-order valence-corrected chi connectivity index (χ2v) is 9.61. The summed E-state index contributed by atoms with van der Waals surface area (Å²) in [6.45, 7) is 12.3. The molecule has 3 aromatic rings. The fourth-order valence-corrected chi connectivity index (χ4v) is 5.07. The molecule has 0 radical (unpaired) electrons. The van der Waals surface area contributed by atoms with Gasteiger partial charge in [0.1, 0.15) is 0 Å². The molecule has 1 aromatic carbocycles. The van der Waals surface area contributed by atoms with Crippen molar-refractivity contribution in [1.82, 2.24) is 14.6 Å². The highest BCUT2D eigenvalue weighted by Gasteiger charge is 2.21. The minimum Gasteiger partial charge on any atom is -0.313 e. The number of rotatable bonds is 8. The van der Waals surface area contributed by atoms with Crippen molar-refractivity contribution >= 4 is 11.3 Å². The molecule has 1 saturated heterocycles. The van der Waals surface area contributed by atoms with Crippen LogP contribution in [-0.4, -0.2) is 46.8 Å². The minimum absolute atomic E-state index is 0.0936. The first-order valence-corrected chi connectivity index (χ1v) is 12.2. The number of nitrogens with zero attached hydrogens (tertiary/aromatic N) is 2. The molecule has 32 heavy (non-hydrogen) atoms. The second-order valence-electron chi connectivity index (χ2n) is 9.61. The Kier molecular flexibility index (Phi) is 7.12. The van der Waals surface area contributed by atoms with Crippen LogP contribution >= 0.6 is 0 Å². The number of carbonyl (C=O) groups is 1. The highest BCUT2D eigenvalue weighted by atomic mass is 16.1. The highest BCUT2D eigenvalue weighted by Crippen LogP contribution is 2.28. The Hall–Kier alpha value is -2.43. The number of fused-ring (bicyclic) bond motifs is 1. The maximum atomic E-state index is 13.3. The van der Waals surface area contributed by atoms with Crippen molar-refractivity contribution in [3.8, 4) is 0 Å². The van der Waals surface area contributed by atoms with E-state index in [0.29, 0.717) is 18.0 Å². The topological polar surface area (TPSA) is 36.8 Å². The smallest absolute Gasteiger partial charge is 0.209 e. The minimum atomic E-state index is 0.0936. The van der Waals surface area contributed by atoms with E-state index in [2.05, 4.69) is 62.2 Å². The summed E-state index contributed by atoms with van der Waals surface area (Å²) in [7, 11) is 0. The number of benzene rings is 1. The zero-order valence-electron chi connectivity index (χ0n) is 20.0. The Morgan fingerprint density at radius 2 is 1.81 bits per heavy atom. The van der Waals surface area contributed by atoms with E-state index in [9.17, 15) is 4.79 Å². The largest absolute Gasteiger partial charge is 0.313 e. The van der Waals surface area contributed by atoms with Crippen LogP contribution in [0.15, 0.2) is 54.7 Å². The molecule has 3 atom stereocenters. The van der Waals surface area contributed by atoms with Crippen LogP contribution < -0.4 is 5.32 Å². The molecule has 3 heterocycles. The van der Waals surface area contributed by atoms with Crippen LogP contribution in [0.25, 0.3) is 5.52 Å². The number of aryl methyl sites for hydroxylation is 1. The van der Waals surface area contributed by atoms with Crippen LogP contribution in [0.1, 0.15) is 73.6 Å². The van der Waals surface area contributed by atoms with Gasteiger partial charge >= 0.3 is 0 Å². The fourth-order valence-electron chi connectivity index (χ4n) is 5.07. The average Bonchev–Trinajstić information content (AvgIpc) is 3.18. The molecule has 0 spiro atoms. The van der Waals surface area contributed by atoms with Crippen LogP contribution in [0.2, 0.25) is 0 Å². The third kappa shape index (κ3) is 4.97. The van der Waals surface area contributed by atoms with Gasteiger partial charge in [-0.1, -0.05) is 44.2 Å². The molecule has 1 N–H and O–H groups in total. The molecule has 0 bridgehead atoms. The number of hydrogen-bond acceptors (Lipinski definition) is 3. The number of piperazine rings is 1. The van der Waals surface area contributed by atoms with E-state index in [1.165, 1.54) is 11.1 Å². The normalized spacial score (nSPS) is 20.5. The number of aromatic nitrogens is 1. The first-order valence-electron chi connectivity index (χ1n) is 12.2. The standard InChI is InChI=1S/C28H37N3O/c1-5-20(2)25-17-27(31-16-7-6-10-26(25)31)28(32)24-13-11-23(12-14-24)9-8-15-30-18-21(3)29-22(4)19-30/h6-7,10-14,16-17,20-22,29H,5,8-9,15,18-19H2,1-4H3/t20?,21-,22+. The summed E-state index contributed by atoms with van der Waals surface area (Å²) in [5.41, 5.74) is 5.21. The molecule has 4 rings (SSSR count). The maximum Gasteiger partial charge on any atom is 0.209 e. The quantitative estimate of drug-likeness (QED) is 0.492. The van der Waals surface area contributed by atoms with Crippen LogP contribution in [0.5, 0.6) is 0 Å². The Labute approximate surface area is 192 Å². The van der Waals surface area contributed by atoms with Gasteiger partial charge in [0.15, 0.2) is 0 Å². The van der Waals surface area contributed by atoms with Crippen molar-refractivity contribution in [3.05, 3.63) is 77.1 Å². The summed E-state index contributed by atoms with van der Waals surface area (Å²) in [5, 5.41) is 3.59. The lowest BCUT2D eigenvalue weighted by atomic mass is 9.98. The summed E-state index contributed by atoms with van der Waals surface area (Å²) in [6, 6.07) is 17.6. The Morgan fingerprint density at radius 1 is 1.09 bits per heavy atom. The van der Waals surface area contributed by atoms with Gasteiger partial charge in [0.2, 0.25) is 5.78 Å². The van der Waals surface area contributed by atoms with Crippen molar-refractivity contribution < 1.29 is 4.79 Å². The SMILES string of the molecule is CCC(C)c1cc(C(=O)c2ccc(CCCN3C[C@@H](C)N[C@@H](C)C3)cc2)n2ccccc12. The summed E-state index contributed by atoms with van der Waals surface area (Å²) < 4.78 is 2.05. The highest BCUT2D eigenvalue weighted by molar-refractivity contribution is 6.09. The van der Waals surface area contributed by atoms with Gasteiger partial charge in [-0.3, -0.25) is 4.79 Å². The lowest BCUT2D eigenvalue weighted by Crippen LogP contribution is -2.54. The summed E-state index contributed by atoms with van der Waals surface area (Å²) >= 11 is 0. The molecule has 4 nitrogen and oxygen atoms in total. The zero-order chi connectivity index (χ0) is 22.7. The molecule has 170 valence electrons. The average molecular weight is 432 g/mol. The molecule has 0 saturated carbocycles. The van der Waals surface area contributed by atoms with Gasteiger partial charge in [0, 0.05) is 42.5 Å². The lowest BCUT2D eigenvalue weighted by molar-refractivity contribution is 0.103. The Morgan fingerprint density at radius 3 is 2.50 bits per heavy atom. The number of pyridine rings is 1. The van der Waals surface area contributed by atoms with E-state index in [0.717, 1.165) is 55.7 Å². The van der Waals surface area contributed by atoms with E-state index < -0.39 is 0 Å². The Bertz CT molecular complexity index is 1040. The van der Waals surface area contributed by atoms with E-state index in [1.54, 1.807) is 0 Å². The molecule has 0 amide bonds. The molecule has 1 unspecified atom stereocenters. The van der Waals surface area contributed by atoms with Crippen LogP contribution in [-0.2, 0) is 6.42 Å². The molecule has 4 heteroatoms. The second kappa shape index (κ2) is 10.0. The molecular formula is C28H37N3O. The molecule has 2 aromatic heterocycles. The molecular weight excluding hydrogens is 394 g/mol. The first kappa shape index (κ1) is 22.8. The monoisotopic (exact) mass is 431 g/mol. The van der Waals surface area contributed by atoms with Gasteiger partial charge in [-0.15, -0.1) is 0 Å². The van der Waals surface area contributed by atoms with E-state index in [1.807, 2.05) is 34.9 Å².